The summed E-state index contributed by atoms with van der Waals surface area (Å²) in [5, 5.41) is 3.55. The minimum Gasteiger partial charge on any atom is -0.463 e. The van der Waals surface area contributed by atoms with Gasteiger partial charge in [-0.05, 0) is 5.53 Å². The maximum Gasteiger partial charge on any atom is 0.303 e. The van der Waals surface area contributed by atoms with E-state index >= 15 is 0 Å². The molecule has 0 unspecified atom stereocenters. The molecule has 1 heterocycles. The Morgan fingerprint density at radius 2 is 2.14 bits per heavy atom. The molecule has 0 aromatic heterocycles. The lowest BCUT2D eigenvalue weighted by molar-refractivity contribution is -0.164. The zero-order valence-electron chi connectivity index (χ0n) is 11.8. The van der Waals surface area contributed by atoms with E-state index in [2.05, 4.69) is 16.6 Å². The molecule has 21 heavy (non-hydrogen) atoms. The van der Waals surface area contributed by atoms with E-state index in [-0.39, 0.29) is 13.2 Å². The van der Waals surface area contributed by atoms with Crippen molar-refractivity contribution in [3.8, 4) is 0 Å². The fourth-order valence-corrected chi connectivity index (χ4v) is 1.86. The number of carbonyl (C=O) groups is 2. The monoisotopic (exact) mass is 299 g/mol. The SMILES string of the molecule is C=CCO[C@@H]1O[C@@H](COC(C)=O)[C@H](OC(C)=O)[C@@H]1N=[N+]=[N-]. The minimum atomic E-state index is -0.913. The molecule has 0 bridgehead atoms. The van der Waals surface area contributed by atoms with Gasteiger partial charge in [0.2, 0.25) is 0 Å². The van der Waals surface area contributed by atoms with Crippen molar-refractivity contribution < 1.29 is 28.5 Å². The Morgan fingerprint density at radius 1 is 1.43 bits per heavy atom. The highest BCUT2D eigenvalue weighted by Crippen LogP contribution is 2.28. The van der Waals surface area contributed by atoms with Crippen LogP contribution in [0.5, 0.6) is 0 Å². The molecule has 116 valence electrons. The third-order valence-electron chi connectivity index (χ3n) is 2.61. The van der Waals surface area contributed by atoms with Crippen LogP contribution in [0.2, 0.25) is 0 Å². The summed E-state index contributed by atoms with van der Waals surface area (Å²) in [5.74, 6) is -1.07. The van der Waals surface area contributed by atoms with Gasteiger partial charge in [-0.2, -0.15) is 0 Å². The van der Waals surface area contributed by atoms with Crippen molar-refractivity contribution in [2.24, 2.45) is 5.11 Å². The zero-order valence-corrected chi connectivity index (χ0v) is 11.8. The van der Waals surface area contributed by atoms with Gasteiger partial charge >= 0.3 is 11.9 Å². The van der Waals surface area contributed by atoms with Gasteiger partial charge in [0.05, 0.1) is 6.61 Å². The van der Waals surface area contributed by atoms with Crippen LogP contribution in [0.25, 0.3) is 10.4 Å². The molecule has 0 radical (unpaired) electrons. The van der Waals surface area contributed by atoms with Gasteiger partial charge in [-0.1, -0.05) is 11.2 Å². The Hall–Kier alpha value is -2.09. The van der Waals surface area contributed by atoms with E-state index in [1.807, 2.05) is 0 Å². The lowest BCUT2D eigenvalue weighted by Gasteiger charge is -2.19. The third kappa shape index (κ3) is 5.07. The number of hydrogen-bond donors (Lipinski definition) is 0. The third-order valence-corrected chi connectivity index (χ3v) is 2.61. The predicted molar refractivity (Wildman–Crippen MR) is 69.9 cm³/mol. The number of carbonyl (C=O) groups excluding carboxylic acids is 2. The first kappa shape index (κ1) is 17.0. The maximum absolute atomic E-state index is 11.2. The van der Waals surface area contributed by atoms with Crippen LogP contribution < -0.4 is 0 Å². The smallest absolute Gasteiger partial charge is 0.303 e. The minimum absolute atomic E-state index is 0.140. The average molecular weight is 299 g/mol. The molecule has 1 aliphatic rings. The van der Waals surface area contributed by atoms with E-state index in [0.29, 0.717) is 0 Å². The molecule has 4 atom stereocenters. The van der Waals surface area contributed by atoms with Crippen LogP contribution in [0, 0.1) is 0 Å². The molecule has 0 N–H and O–H groups in total. The molecule has 0 saturated carbocycles. The standard InChI is InChI=1S/C12H17N3O6/c1-4-5-18-12-10(14-15-13)11(20-8(3)17)9(21-12)6-19-7(2)16/h4,9-12H,1,5-6H2,2-3H3/t9-,10-,11-,12+/m0/s1. The molecular formula is C12H17N3O6. The summed E-state index contributed by atoms with van der Waals surface area (Å²) in [6, 6.07) is -0.876. The van der Waals surface area contributed by atoms with Crippen molar-refractivity contribution in [1.29, 1.82) is 0 Å². The summed E-state index contributed by atoms with van der Waals surface area (Å²) < 4.78 is 20.8. The van der Waals surface area contributed by atoms with Gasteiger partial charge in [-0.3, -0.25) is 9.59 Å². The highest BCUT2D eigenvalue weighted by atomic mass is 16.7. The number of rotatable bonds is 7. The van der Waals surface area contributed by atoms with Gasteiger partial charge in [-0.15, -0.1) is 6.58 Å². The van der Waals surface area contributed by atoms with Gasteiger partial charge in [-0.25, -0.2) is 0 Å². The first-order valence-corrected chi connectivity index (χ1v) is 6.22. The Balaban J connectivity index is 2.88. The van der Waals surface area contributed by atoms with Crippen molar-refractivity contribution in [1.82, 2.24) is 0 Å². The molecule has 1 aliphatic heterocycles. The average Bonchev–Trinajstić information content (AvgIpc) is 2.72. The quantitative estimate of drug-likeness (QED) is 0.228. The van der Waals surface area contributed by atoms with Crippen molar-refractivity contribution in [3.63, 3.8) is 0 Å². The van der Waals surface area contributed by atoms with Gasteiger partial charge in [0, 0.05) is 18.8 Å². The fourth-order valence-electron chi connectivity index (χ4n) is 1.86. The van der Waals surface area contributed by atoms with E-state index in [0.717, 1.165) is 0 Å². The first-order chi connectivity index (χ1) is 9.99. The second kappa shape index (κ2) is 8.25. The van der Waals surface area contributed by atoms with Crippen LogP contribution in [0.15, 0.2) is 17.8 Å². The highest BCUT2D eigenvalue weighted by Gasteiger charge is 2.47. The second-order valence-electron chi connectivity index (χ2n) is 4.24. The molecule has 1 fully saturated rings. The van der Waals surface area contributed by atoms with Crippen molar-refractivity contribution >= 4 is 11.9 Å². The number of azide groups is 1. The van der Waals surface area contributed by atoms with Gasteiger partial charge in [0.1, 0.15) is 24.9 Å². The molecule has 0 spiro atoms. The fraction of sp³-hybridized carbons (Fsp3) is 0.667. The van der Waals surface area contributed by atoms with Crippen LogP contribution >= 0.6 is 0 Å². The largest absolute Gasteiger partial charge is 0.463 e. The molecule has 9 heteroatoms. The first-order valence-electron chi connectivity index (χ1n) is 6.22. The zero-order chi connectivity index (χ0) is 15.8. The number of nitrogens with zero attached hydrogens (tertiary/aromatic N) is 3. The molecule has 0 amide bonds. The lowest BCUT2D eigenvalue weighted by atomic mass is 10.1. The molecule has 0 aromatic carbocycles. The number of hydrogen-bond acceptors (Lipinski definition) is 7. The molecule has 1 saturated heterocycles. The van der Waals surface area contributed by atoms with E-state index in [4.69, 9.17) is 24.5 Å². The Bertz CT molecular complexity index is 448. The Labute approximate surface area is 121 Å². The van der Waals surface area contributed by atoms with E-state index in [1.54, 1.807) is 0 Å². The second-order valence-corrected chi connectivity index (χ2v) is 4.24. The Kier molecular flexibility index (Phi) is 6.67. The summed E-state index contributed by atoms with van der Waals surface area (Å²) >= 11 is 0. The van der Waals surface area contributed by atoms with Crippen LogP contribution in [-0.2, 0) is 28.5 Å². The van der Waals surface area contributed by atoms with Crippen molar-refractivity contribution in [2.75, 3.05) is 13.2 Å². The van der Waals surface area contributed by atoms with E-state index < -0.39 is 36.5 Å². The van der Waals surface area contributed by atoms with Crippen LogP contribution in [0.1, 0.15) is 13.8 Å². The number of esters is 2. The molecular weight excluding hydrogens is 282 g/mol. The molecule has 0 aliphatic carbocycles. The summed E-state index contributed by atoms with van der Waals surface area (Å²) in [4.78, 5) is 24.8. The van der Waals surface area contributed by atoms with E-state index in [9.17, 15) is 9.59 Å². The van der Waals surface area contributed by atoms with Crippen molar-refractivity contribution in [2.45, 2.75) is 38.4 Å². The van der Waals surface area contributed by atoms with Crippen LogP contribution in [0.4, 0.5) is 0 Å². The molecule has 1 rings (SSSR count). The normalized spacial score (nSPS) is 27.5. The predicted octanol–water partition coefficient (Wildman–Crippen LogP) is 1.09. The topological polar surface area (TPSA) is 120 Å². The van der Waals surface area contributed by atoms with Gasteiger partial charge in [0.25, 0.3) is 0 Å². The molecule has 0 aromatic rings. The van der Waals surface area contributed by atoms with Crippen molar-refractivity contribution in [3.05, 3.63) is 23.1 Å². The Morgan fingerprint density at radius 3 is 2.67 bits per heavy atom. The van der Waals surface area contributed by atoms with Gasteiger partial charge in [0.15, 0.2) is 6.29 Å². The maximum atomic E-state index is 11.2. The van der Waals surface area contributed by atoms with E-state index in [1.165, 1.54) is 19.9 Å². The van der Waals surface area contributed by atoms with Crippen LogP contribution in [-0.4, -0.2) is 49.7 Å². The summed E-state index contributed by atoms with van der Waals surface area (Å²) in [6.07, 6.45) is -1.09. The summed E-state index contributed by atoms with van der Waals surface area (Å²) in [5.41, 5.74) is 8.63. The summed E-state index contributed by atoms with van der Waals surface area (Å²) in [7, 11) is 0. The lowest BCUT2D eigenvalue weighted by Crippen LogP contribution is -2.38. The molecule has 9 nitrogen and oxygen atoms in total. The van der Waals surface area contributed by atoms with Gasteiger partial charge < -0.3 is 18.9 Å². The summed E-state index contributed by atoms with van der Waals surface area (Å²) in [6.45, 7) is 5.98. The number of ether oxygens (including phenoxy) is 4. The highest BCUT2D eigenvalue weighted by molar-refractivity contribution is 5.66. The van der Waals surface area contributed by atoms with Crippen LogP contribution in [0.3, 0.4) is 0 Å².